The first-order valence-electron chi connectivity index (χ1n) is 7.44. The highest BCUT2D eigenvalue weighted by Gasteiger charge is 2.17. The van der Waals surface area contributed by atoms with Crippen molar-refractivity contribution in [2.75, 3.05) is 6.26 Å². The third kappa shape index (κ3) is 4.59. The molecule has 3 aromatic rings. The number of aromatic nitrogens is 2. The van der Waals surface area contributed by atoms with Crippen molar-refractivity contribution < 1.29 is 13.2 Å². The Hall–Kier alpha value is -1.90. The van der Waals surface area contributed by atoms with Crippen molar-refractivity contribution in [2.24, 2.45) is 0 Å². The number of thiophene rings is 1. The van der Waals surface area contributed by atoms with Gasteiger partial charge in [-0.2, -0.15) is 0 Å². The van der Waals surface area contributed by atoms with E-state index in [0.29, 0.717) is 22.2 Å². The summed E-state index contributed by atoms with van der Waals surface area (Å²) in [6.07, 6.45) is 1.15. The van der Waals surface area contributed by atoms with Crippen LogP contribution in [0.1, 0.15) is 10.7 Å². The van der Waals surface area contributed by atoms with Gasteiger partial charge in [0.15, 0.2) is 9.84 Å². The van der Waals surface area contributed by atoms with E-state index in [4.69, 9.17) is 11.6 Å². The zero-order valence-corrected chi connectivity index (χ0v) is 15.8. The monoisotopic (exact) mass is 397 g/mol. The Morgan fingerprint density at radius 1 is 1.28 bits per heavy atom. The lowest BCUT2D eigenvalue weighted by atomic mass is 10.3. The van der Waals surface area contributed by atoms with Crippen LogP contribution in [0.25, 0.3) is 11.0 Å². The maximum Gasteiger partial charge on any atom is 0.240 e. The molecule has 0 saturated heterocycles. The van der Waals surface area contributed by atoms with Crippen LogP contribution in [0.3, 0.4) is 0 Å². The number of carbonyl (C=O) groups is 1. The molecule has 0 unspecified atom stereocenters. The maximum absolute atomic E-state index is 12.3. The molecular formula is C16H16ClN3O3S2. The molecule has 0 bridgehead atoms. The van der Waals surface area contributed by atoms with Gasteiger partial charge in [-0.25, -0.2) is 13.4 Å². The van der Waals surface area contributed by atoms with Crippen LogP contribution in [0, 0.1) is 0 Å². The summed E-state index contributed by atoms with van der Waals surface area (Å²) in [7, 11) is -3.26. The lowest BCUT2D eigenvalue weighted by Gasteiger charge is -2.09. The van der Waals surface area contributed by atoms with E-state index in [1.165, 1.54) is 11.3 Å². The summed E-state index contributed by atoms with van der Waals surface area (Å²) >= 11 is 7.28. The van der Waals surface area contributed by atoms with Gasteiger partial charge >= 0.3 is 0 Å². The van der Waals surface area contributed by atoms with Gasteiger partial charge in [-0.15, -0.1) is 11.3 Å². The standard InChI is InChI=1S/C16H16ClN3O3S2/c1-25(22,23)10-15-19-12-4-2-3-5-13(12)20(15)9-16(21)18-8-11-6-7-14(17)24-11/h2-7H,8-10H2,1H3,(H,18,21). The number of fused-ring (bicyclic) bond motifs is 1. The molecule has 9 heteroatoms. The van der Waals surface area contributed by atoms with Gasteiger partial charge in [-0.05, 0) is 24.3 Å². The molecular weight excluding hydrogens is 382 g/mol. The van der Waals surface area contributed by atoms with Crippen molar-refractivity contribution in [3.63, 3.8) is 0 Å². The van der Waals surface area contributed by atoms with Gasteiger partial charge in [0.2, 0.25) is 5.91 Å². The molecule has 0 saturated carbocycles. The first kappa shape index (κ1) is 17.9. The first-order chi connectivity index (χ1) is 11.8. The second-order valence-electron chi connectivity index (χ2n) is 5.66. The van der Waals surface area contributed by atoms with Crippen LogP contribution >= 0.6 is 22.9 Å². The summed E-state index contributed by atoms with van der Waals surface area (Å²) < 4.78 is 25.6. The SMILES string of the molecule is CS(=O)(=O)Cc1nc2ccccc2n1CC(=O)NCc1ccc(Cl)s1. The number of hydrogen-bond acceptors (Lipinski definition) is 5. The Bertz CT molecular complexity index is 1020. The van der Waals surface area contributed by atoms with E-state index >= 15 is 0 Å². The van der Waals surface area contributed by atoms with Crippen LogP contribution in [-0.4, -0.2) is 30.1 Å². The van der Waals surface area contributed by atoms with Gasteiger partial charge in [-0.1, -0.05) is 23.7 Å². The highest BCUT2D eigenvalue weighted by atomic mass is 35.5. The largest absolute Gasteiger partial charge is 0.350 e. The summed E-state index contributed by atoms with van der Waals surface area (Å²) in [6, 6.07) is 10.9. The molecule has 2 heterocycles. The molecule has 0 aliphatic heterocycles. The normalized spacial score (nSPS) is 11.8. The molecule has 0 aliphatic carbocycles. The third-order valence-electron chi connectivity index (χ3n) is 3.52. The van der Waals surface area contributed by atoms with Crippen LogP contribution in [0.2, 0.25) is 4.34 Å². The van der Waals surface area contributed by atoms with Crippen LogP contribution in [-0.2, 0) is 33.5 Å². The van der Waals surface area contributed by atoms with Gasteiger partial charge < -0.3 is 9.88 Å². The Labute approximate surface area is 154 Å². The predicted octanol–water partition coefficient (Wildman–Crippen LogP) is 2.61. The molecule has 3 rings (SSSR count). The number of benzene rings is 1. The van der Waals surface area contributed by atoms with Crippen molar-refractivity contribution in [3.05, 3.63) is 51.4 Å². The third-order valence-corrected chi connectivity index (χ3v) is 5.53. The predicted molar refractivity (Wildman–Crippen MR) is 99.5 cm³/mol. The molecule has 0 aliphatic rings. The molecule has 6 nitrogen and oxygen atoms in total. The fourth-order valence-corrected chi connectivity index (χ4v) is 4.20. The van der Waals surface area contributed by atoms with Crippen molar-refractivity contribution in [2.45, 2.75) is 18.8 Å². The van der Waals surface area contributed by atoms with Gasteiger partial charge in [0.05, 0.1) is 21.9 Å². The topological polar surface area (TPSA) is 81.1 Å². The maximum atomic E-state index is 12.3. The number of sulfone groups is 1. The molecule has 25 heavy (non-hydrogen) atoms. The minimum absolute atomic E-state index is 0.00444. The number of halogens is 1. The highest BCUT2D eigenvalue weighted by Crippen LogP contribution is 2.21. The van der Waals surface area contributed by atoms with Crippen LogP contribution in [0.4, 0.5) is 0 Å². The first-order valence-corrected chi connectivity index (χ1v) is 10.7. The summed E-state index contributed by atoms with van der Waals surface area (Å²) in [6.45, 7) is 0.384. The number of para-hydroxylation sites is 2. The molecule has 0 radical (unpaired) electrons. The fourth-order valence-electron chi connectivity index (χ4n) is 2.48. The van der Waals surface area contributed by atoms with E-state index < -0.39 is 9.84 Å². The van der Waals surface area contributed by atoms with E-state index in [-0.39, 0.29) is 18.2 Å². The van der Waals surface area contributed by atoms with Gasteiger partial charge in [0.25, 0.3) is 0 Å². The summed E-state index contributed by atoms with van der Waals surface area (Å²) in [5, 5.41) is 2.82. The second kappa shape index (κ2) is 7.15. The summed E-state index contributed by atoms with van der Waals surface area (Å²) in [5.74, 6) is -0.0735. The number of nitrogens with zero attached hydrogens (tertiary/aromatic N) is 2. The molecule has 1 aromatic carbocycles. The molecule has 2 aromatic heterocycles. The quantitative estimate of drug-likeness (QED) is 0.693. The minimum atomic E-state index is -3.26. The van der Waals surface area contributed by atoms with E-state index in [1.807, 2.05) is 24.3 Å². The number of rotatable bonds is 6. The van der Waals surface area contributed by atoms with Crippen LogP contribution in [0.15, 0.2) is 36.4 Å². The highest BCUT2D eigenvalue weighted by molar-refractivity contribution is 7.89. The molecule has 0 spiro atoms. The molecule has 0 atom stereocenters. The molecule has 132 valence electrons. The van der Waals surface area contributed by atoms with Crippen LogP contribution < -0.4 is 5.32 Å². The molecule has 1 N–H and O–H groups in total. The summed E-state index contributed by atoms with van der Waals surface area (Å²) in [5.41, 5.74) is 1.40. The van der Waals surface area contributed by atoms with E-state index in [0.717, 1.165) is 16.6 Å². The second-order valence-corrected chi connectivity index (χ2v) is 9.60. The van der Waals surface area contributed by atoms with Crippen molar-refractivity contribution in [1.29, 1.82) is 0 Å². The fraction of sp³-hybridized carbons (Fsp3) is 0.250. The Morgan fingerprint density at radius 2 is 2.04 bits per heavy atom. The average molecular weight is 398 g/mol. The van der Waals surface area contributed by atoms with Crippen LogP contribution in [0.5, 0.6) is 0 Å². The van der Waals surface area contributed by atoms with Crippen molar-refractivity contribution >= 4 is 49.7 Å². The van der Waals surface area contributed by atoms with Crippen molar-refractivity contribution in [3.8, 4) is 0 Å². The van der Waals surface area contributed by atoms with Gasteiger partial charge in [0.1, 0.15) is 18.1 Å². The van der Waals surface area contributed by atoms with E-state index in [9.17, 15) is 13.2 Å². The zero-order chi connectivity index (χ0) is 18.0. The van der Waals surface area contributed by atoms with Crippen molar-refractivity contribution in [1.82, 2.24) is 14.9 Å². The van der Waals surface area contributed by atoms with Gasteiger partial charge in [0, 0.05) is 11.1 Å². The molecule has 0 fully saturated rings. The number of carbonyl (C=O) groups excluding carboxylic acids is 1. The Morgan fingerprint density at radius 3 is 2.72 bits per heavy atom. The van der Waals surface area contributed by atoms with E-state index in [1.54, 1.807) is 16.7 Å². The zero-order valence-electron chi connectivity index (χ0n) is 13.4. The summed E-state index contributed by atoms with van der Waals surface area (Å²) in [4.78, 5) is 17.6. The minimum Gasteiger partial charge on any atom is -0.350 e. The Balaban J connectivity index is 1.81. The number of amides is 1. The average Bonchev–Trinajstić information content (AvgIpc) is 3.08. The lowest BCUT2D eigenvalue weighted by molar-refractivity contribution is -0.121. The number of hydrogen-bond donors (Lipinski definition) is 1. The number of nitrogens with one attached hydrogen (secondary N) is 1. The Kier molecular flexibility index (Phi) is 5.12. The van der Waals surface area contributed by atoms with Gasteiger partial charge in [-0.3, -0.25) is 4.79 Å². The smallest absolute Gasteiger partial charge is 0.240 e. The van der Waals surface area contributed by atoms with E-state index in [2.05, 4.69) is 10.3 Å². The lowest BCUT2D eigenvalue weighted by Crippen LogP contribution is -2.27. The molecule has 1 amide bonds. The number of imidazole rings is 1.